The first-order valence-electron chi connectivity index (χ1n) is 5.89. The first-order valence-corrected chi connectivity index (χ1v) is 6.27. The fraction of sp³-hybridized carbons (Fsp3) is 0.538. The summed E-state index contributed by atoms with van der Waals surface area (Å²) in [5, 5.41) is 4.16. The summed E-state index contributed by atoms with van der Waals surface area (Å²) in [7, 11) is 2.12. The Morgan fingerprint density at radius 2 is 2.06 bits per heavy atom. The number of rotatable bonds is 6. The zero-order valence-corrected chi connectivity index (χ0v) is 11.1. The second-order valence-electron chi connectivity index (χ2n) is 3.97. The van der Waals surface area contributed by atoms with E-state index in [0.717, 1.165) is 31.1 Å². The van der Waals surface area contributed by atoms with Crippen LogP contribution in [0.2, 0.25) is 5.02 Å². The SMILES string of the molecule is CCCN(C)c1cc(Cl)ccc1CNCC. The first-order chi connectivity index (χ1) is 7.69. The number of nitrogens with zero attached hydrogens (tertiary/aromatic N) is 1. The van der Waals surface area contributed by atoms with Crippen molar-refractivity contribution in [1.82, 2.24) is 5.32 Å². The van der Waals surface area contributed by atoms with Crippen LogP contribution in [0, 0.1) is 0 Å². The zero-order chi connectivity index (χ0) is 12.0. The van der Waals surface area contributed by atoms with E-state index < -0.39 is 0 Å². The van der Waals surface area contributed by atoms with Gasteiger partial charge >= 0.3 is 0 Å². The van der Waals surface area contributed by atoms with E-state index in [2.05, 4.69) is 37.2 Å². The molecule has 0 aliphatic heterocycles. The summed E-state index contributed by atoms with van der Waals surface area (Å²) in [5.74, 6) is 0. The van der Waals surface area contributed by atoms with Gasteiger partial charge < -0.3 is 10.2 Å². The molecular formula is C13H21ClN2. The quantitative estimate of drug-likeness (QED) is 0.821. The molecule has 0 spiro atoms. The maximum absolute atomic E-state index is 6.05. The van der Waals surface area contributed by atoms with Gasteiger partial charge in [-0.05, 0) is 30.7 Å². The Bertz CT molecular complexity index is 326. The Balaban J connectivity index is 2.88. The average Bonchev–Trinajstić information content (AvgIpc) is 2.27. The summed E-state index contributed by atoms with van der Waals surface area (Å²) in [4.78, 5) is 2.26. The number of hydrogen-bond donors (Lipinski definition) is 1. The molecule has 1 aromatic rings. The van der Waals surface area contributed by atoms with E-state index in [1.54, 1.807) is 0 Å². The predicted molar refractivity (Wildman–Crippen MR) is 72.4 cm³/mol. The second-order valence-corrected chi connectivity index (χ2v) is 4.41. The van der Waals surface area contributed by atoms with Gasteiger partial charge in [-0.1, -0.05) is 31.5 Å². The summed E-state index contributed by atoms with van der Waals surface area (Å²) in [6.07, 6.45) is 1.14. The Labute approximate surface area is 104 Å². The molecule has 1 rings (SSSR count). The summed E-state index contributed by atoms with van der Waals surface area (Å²) in [5.41, 5.74) is 2.54. The van der Waals surface area contributed by atoms with E-state index >= 15 is 0 Å². The summed E-state index contributed by atoms with van der Waals surface area (Å²) < 4.78 is 0. The van der Waals surface area contributed by atoms with Crippen LogP contribution in [0.3, 0.4) is 0 Å². The molecule has 0 unspecified atom stereocenters. The van der Waals surface area contributed by atoms with Gasteiger partial charge in [-0.2, -0.15) is 0 Å². The van der Waals surface area contributed by atoms with Crippen LogP contribution in [0.15, 0.2) is 18.2 Å². The highest BCUT2D eigenvalue weighted by Gasteiger charge is 2.07. The molecule has 16 heavy (non-hydrogen) atoms. The van der Waals surface area contributed by atoms with Gasteiger partial charge in [-0.25, -0.2) is 0 Å². The van der Waals surface area contributed by atoms with Crippen LogP contribution in [0.25, 0.3) is 0 Å². The van der Waals surface area contributed by atoms with Crippen LogP contribution < -0.4 is 10.2 Å². The minimum Gasteiger partial charge on any atom is -0.374 e. The van der Waals surface area contributed by atoms with Gasteiger partial charge in [0, 0.05) is 30.8 Å². The second kappa shape index (κ2) is 6.77. The fourth-order valence-electron chi connectivity index (χ4n) is 1.76. The smallest absolute Gasteiger partial charge is 0.0426 e. The van der Waals surface area contributed by atoms with Gasteiger partial charge in [0.25, 0.3) is 0 Å². The first kappa shape index (κ1) is 13.3. The Morgan fingerprint density at radius 3 is 2.69 bits per heavy atom. The minimum absolute atomic E-state index is 0.804. The van der Waals surface area contributed by atoms with Gasteiger partial charge in [0.1, 0.15) is 0 Å². The molecule has 0 amide bonds. The van der Waals surface area contributed by atoms with Crippen molar-refractivity contribution in [3.05, 3.63) is 28.8 Å². The lowest BCUT2D eigenvalue weighted by Crippen LogP contribution is -2.21. The van der Waals surface area contributed by atoms with Crippen molar-refractivity contribution in [2.45, 2.75) is 26.8 Å². The van der Waals surface area contributed by atoms with E-state index in [9.17, 15) is 0 Å². The number of anilines is 1. The number of nitrogens with one attached hydrogen (secondary N) is 1. The van der Waals surface area contributed by atoms with Crippen LogP contribution >= 0.6 is 11.6 Å². The van der Waals surface area contributed by atoms with Gasteiger partial charge in [0.15, 0.2) is 0 Å². The van der Waals surface area contributed by atoms with Crippen molar-refractivity contribution in [2.75, 3.05) is 25.0 Å². The van der Waals surface area contributed by atoms with Crippen molar-refractivity contribution < 1.29 is 0 Å². The summed E-state index contributed by atoms with van der Waals surface area (Å²) in [6.45, 7) is 7.24. The van der Waals surface area contributed by atoms with Crippen molar-refractivity contribution in [3.8, 4) is 0 Å². The zero-order valence-electron chi connectivity index (χ0n) is 10.4. The van der Waals surface area contributed by atoms with E-state index in [0.29, 0.717) is 0 Å². The molecule has 0 saturated heterocycles. The topological polar surface area (TPSA) is 15.3 Å². The Kier molecular flexibility index (Phi) is 5.64. The van der Waals surface area contributed by atoms with E-state index in [1.807, 2.05) is 12.1 Å². The van der Waals surface area contributed by atoms with Crippen LogP contribution in [0.1, 0.15) is 25.8 Å². The molecule has 0 bridgehead atoms. The molecule has 3 heteroatoms. The van der Waals surface area contributed by atoms with Crippen molar-refractivity contribution in [2.24, 2.45) is 0 Å². The van der Waals surface area contributed by atoms with E-state index in [1.165, 1.54) is 11.3 Å². The lowest BCUT2D eigenvalue weighted by atomic mass is 10.1. The molecule has 0 aliphatic rings. The van der Waals surface area contributed by atoms with Crippen molar-refractivity contribution in [3.63, 3.8) is 0 Å². The molecule has 1 aromatic carbocycles. The molecule has 0 aliphatic carbocycles. The number of hydrogen-bond acceptors (Lipinski definition) is 2. The summed E-state index contributed by atoms with van der Waals surface area (Å²) in [6, 6.07) is 6.11. The van der Waals surface area contributed by atoms with E-state index in [-0.39, 0.29) is 0 Å². The molecule has 2 nitrogen and oxygen atoms in total. The van der Waals surface area contributed by atoms with Crippen molar-refractivity contribution in [1.29, 1.82) is 0 Å². The summed E-state index contributed by atoms with van der Waals surface area (Å²) >= 11 is 6.05. The highest BCUT2D eigenvalue weighted by Crippen LogP contribution is 2.24. The maximum Gasteiger partial charge on any atom is 0.0426 e. The van der Waals surface area contributed by atoms with Gasteiger partial charge in [-0.3, -0.25) is 0 Å². The Hall–Kier alpha value is -0.730. The molecule has 0 heterocycles. The van der Waals surface area contributed by atoms with Gasteiger partial charge in [0.05, 0.1) is 0 Å². The highest BCUT2D eigenvalue weighted by atomic mass is 35.5. The standard InChI is InChI=1S/C13H21ClN2/c1-4-8-16(3)13-9-12(14)7-6-11(13)10-15-5-2/h6-7,9,15H,4-5,8,10H2,1-3H3. The lowest BCUT2D eigenvalue weighted by molar-refractivity contribution is 0.722. The van der Waals surface area contributed by atoms with Crippen LogP contribution in [0.5, 0.6) is 0 Å². The number of benzene rings is 1. The molecule has 90 valence electrons. The van der Waals surface area contributed by atoms with Crippen LogP contribution in [-0.2, 0) is 6.54 Å². The molecule has 1 N–H and O–H groups in total. The monoisotopic (exact) mass is 240 g/mol. The molecular weight excluding hydrogens is 220 g/mol. The predicted octanol–water partition coefficient (Wildman–Crippen LogP) is 3.30. The maximum atomic E-state index is 6.05. The third kappa shape index (κ3) is 3.69. The van der Waals surface area contributed by atoms with Crippen molar-refractivity contribution >= 4 is 17.3 Å². The largest absolute Gasteiger partial charge is 0.374 e. The van der Waals surface area contributed by atoms with Gasteiger partial charge in [-0.15, -0.1) is 0 Å². The molecule has 0 fully saturated rings. The average molecular weight is 241 g/mol. The highest BCUT2D eigenvalue weighted by molar-refractivity contribution is 6.30. The van der Waals surface area contributed by atoms with E-state index in [4.69, 9.17) is 11.6 Å². The lowest BCUT2D eigenvalue weighted by Gasteiger charge is -2.22. The molecule has 0 saturated carbocycles. The molecule has 0 aromatic heterocycles. The normalized spacial score (nSPS) is 10.5. The third-order valence-corrected chi connectivity index (χ3v) is 2.82. The fourth-order valence-corrected chi connectivity index (χ4v) is 1.92. The molecule has 0 radical (unpaired) electrons. The Morgan fingerprint density at radius 1 is 1.31 bits per heavy atom. The van der Waals surface area contributed by atoms with Crippen LogP contribution in [0.4, 0.5) is 5.69 Å². The van der Waals surface area contributed by atoms with Crippen LogP contribution in [-0.4, -0.2) is 20.1 Å². The van der Waals surface area contributed by atoms with Gasteiger partial charge in [0.2, 0.25) is 0 Å². The molecule has 0 atom stereocenters. The minimum atomic E-state index is 0.804. The number of halogens is 1. The third-order valence-electron chi connectivity index (χ3n) is 2.58.